The van der Waals surface area contributed by atoms with Crippen LogP contribution in [0.4, 0.5) is 0 Å². The quantitative estimate of drug-likeness (QED) is 0.543. The van der Waals surface area contributed by atoms with E-state index in [0.29, 0.717) is 30.7 Å². The lowest BCUT2D eigenvalue weighted by atomic mass is 9.51. The van der Waals surface area contributed by atoms with Crippen molar-refractivity contribution in [2.24, 2.45) is 10.4 Å². The number of hydrogen-bond donors (Lipinski definition) is 2. The van der Waals surface area contributed by atoms with E-state index in [9.17, 15) is 0 Å². The van der Waals surface area contributed by atoms with Gasteiger partial charge in [-0.15, -0.1) is 0 Å². The van der Waals surface area contributed by atoms with E-state index in [2.05, 4.69) is 47.7 Å². The van der Waals surface area contributed by atoms with Gasteiger partial charge in [0.05, 0.1) is 19.3 Å². The first-order valence-corrected chi connectivity index (χ1v) is 11.1. The number of ether oxygens (including phenoxy) is 3. The van der Waals surface area contributed by atoms with E-state index >= 15 is 0 Å². The van der Waals surface area contributed by atoms with Crippen molar-refractivity contribution >= 4 is 5.96 Å². The van der Waals surface area contributed by atoms with Crippen LogP contribution < -0.4 is 15.4 Å². The van der Waals surface area contributed by atoms with Crippen LogP contribution in [0.3, 0.4) is 0 Å². The molecule has 0 amide bonds. The first-order chi connectivity index (χ1) is 14.1. The first-order valence-electron chi connectivity index (χ1n) is 11.1. The van der Waals surface area contributed by atoms with E-state index in [1.165, 1.54) is 24.8 Å². The van der Waals surface area contributed by atoms with Crippen LogP contribution in [0, 0.1) is 12.3 Å². The highest BCUT2D eigenvalue weighted by Gasteiger charge is 2.59. The van der Waals surface area contributed by atoms with E-state index in [4.69, 9.17) is 14.2 Å². The highest BCUT2D eigenvalue weighted by atomic mass is 16.5. The highest BCUT2D eigenvalue weighted by molar-refractivity contribution is 5.80. The molecule has 2 saturated carbocycles. The molecule has 1 aromatic carbocycles. The molecule has 3 unspecified atom stereocenters. The fraction of sp³-hybridized carbons (Fsp3) is 0.696. The van der Waals surface area contributed by atoms with Gasteiger partial charge in [0.15, 0.2) is 5.96 Å². The van der Waals surface area contributed by atoms with Crippen LogP contribution in [0.25, 0.3) is 0 Å². The van der Waals surface area contributed by atoms with Crippen molar-refractivity contribution in [2.75, 3.05) is 26.9 Å². The molecule has 0 bridgehead atoms. The fourth-order valence-electron chi connectivity index (χ4n) is 4.88. The number of aliphatic imine (C=N–C) groups is 1. The first kappa shape index (κ1) is 20.5. The Hall–Kier alpha value is -1.79. The third-order valence-corrected chi connectivity index (χ3v) is 6.82. The van der Waals surface area contributed by atoms with Gasteiger partial charge in [-0.05, 0) is 44.7 Å². The molecule has 29 heavy (non-hydrogen) atoms. The topological polar surface area (TPSA) is 64.1 Å². The number of hydrogen-bond acceptors (Lipinski definition) is 4. The minimum Gasteiger partial charge on any atom is -0.488 e. The summed E-state index contributed by atoms with van der Waals surface area (Å²) in [5, 5.41) is 7.15. The Balaban J connectivity index is 1.35. The Labute approximate surface area is 174 Å². The second kappa shape index (κ2) is 8.92. The van der Waals surface area contributed by atoms with E-state index in [1.807, 2.05) is 7.05 Å². The zero-order chi connectivity index (χ0) is 20.3. The van der Waals surface area contributed by atoms with Crippen molar-refractivity contribution in [1.82, 2.24) is 10.6 Å². The van der Waals surface area contributed by atoms with Gasteiger partial charge in [-0.2, -0.15) is 0 Å². The molecular formula is C23H35N3O3. The van der Waals surface area contributed by atoms with Gasteiger partial charge in [0.25, 0.3) is 0 Å². The molecule has 3 atom stereocenters. The van der Waals surface area contributed by atoms with Crippen LogP contribution in [0.1, 0.15) is 50.2 Å². The Bertz CT molecular complexity index is 726. The van der Waals surface area contributed by atoms with Crippen LogP contribution >= 0.6 is 0 Å². The molecule has 1 heterocycles. The van der Waals surface area contributed by atoms with Gasteiger partial charge in [0, 0.05) is 43.6 Å². The summed E-state index contributed by atoms with van der Waals surface area (Å²) in [5.74, 6) is 1.80. The van der Waals surface area contributed by atoms with E-state index < -0.39 is 0 Å². The van der Waals surface area contributed by atoms with Gasteiger partial charge in [-0.3, -0.25) is 4.99 Å². The monoisotopic (exact) mass is 401 g/mol. The maximum absolute atomic E-state index is 6.23. The number of nitrogens with zero attached hydrogens (tertiary/aromatic N) is 1. The lowest BCUT2D eigenvalue weighted by Crippen LogP contribution is -2.68. The predicted octanol–water partition coefficient (Wildman–Crippen LogP) is 3.18. The number of aryl methyl sites for hydroxylation is 1. The second-order valence-electron chi connectivity index (χ2n) is 8.60. The lowest BCUT2D eigenvalue weighted by Gasteiger charge is -2.61. The van der Waals surface area contributed by atoms with Gasteiger partial charge in [-0.1, -0.05) is 18.6 Å². The van der Waals surface area contributed by atoms with Crippen LogP contribution in [0.5, 0.6) is 5.75 Å². The molecule has 6 heteroatoms. The molecule has 160 valence electrons. The number of benzene rings is 1. The predicted molar refractivity (Wildman–Crippen MR) is 114 cm³/mol. The summed E-state index contributed by atoms with van der Waals surface area (Å²) in [6.07, 6.45) is 6.39. The standard InChI is InChI=1S/C23H35N3O3/c1-4-28-21-13-20(23(21)9-5-10-23)26-22(24-3)25-14-17-7-6-16(2)12-19(17)29-18-8-11-27-15-18/h6-7,12,18,20-21H,4-5,8-11,13-15H2,1-3H3,(H2,24,25,26). The molecule has 1 saturated heterocycles. The van der Waals surface area contributed by atoms with Gasteiger partial charge in [0.1, 0.15) is 11.9 Å². The number of nitrogens with one attached hydrogen (secondary N) is 2. The van der Waals surface area contributed by atoms with E-state index in [1.54, 1.807) is 0 Å². The third kappa shape index (κ3) is 4.24. The Kier molecular flexibility index (Phi) is 6.30. The SMILES string of the molecule is CCOC1CC(NC(=NC)NCc2ccc(C)cc2OC2CCOC2)C12CCC2. The molecule has 1 spiro atoms. The van der Waals surface area contributed by atoms with Crippen molar-refractivity contribution in [3.63, 3.8) is 0 Å². The van der Waals surface area contributed by atoms with Crippen LogP contribution in [-0.4, -0.2) is 51.1 Å². The van der Waals surface area contributed by atoms with E-state index in [-0.39, 0.29) is 6.10 Å². The zero-order valence-corrected chi connectivity index (χ0v) is 18.0. The van der Waals surface area contributed by atoms with Crippen LogP contribution in [-0.2, 0) is 16.0 Å². The summed E-state index contributed by atoms with van der Waals surface area (Å²) >= 11 is 0. The lowest BCUT2D eigenvalue weighted by molar-refractivity contribution is -0.168. The summed E-state index contributed by atoms with van der Waals surface area (Å²) in [4.78, 5) is 4.46. The largest absolute Gasteiger partial charge is 0.488 e. The molecule has 1 aromatic rings. The fourth-order valence-corrected chi connectivity index (χ4v) is 4.88. The van der Waals surface area contributed by atoms with Crippen molar-refractivity contribution in [3.8, 4) is 5.75 Å². The van der Waals surface area contributed by atoms with Crippen LogP contribution in [0.15, 0.2) is 23.2 Å². The Morgan fingerprint density at radius 1 is 1.34 bits per heavy atom. The minimum atomic E-state index is 0.150. The molecule has 0 radical (unpaired) electrons. The van der Waals surface area contributed by atoms with Crippen molar-refractivity contribution < 1.29 is 14.2 Å². The summed E-state index contributed by atoms with van der Waals surface area (Å²) < 4.78 is 17.7. The van der Waals surface area contributed by atoms with Gasteiger partial charge in [0.2, 0.25) is 0 Å². The Morgan fingerprint density at radius 2 is 2.21 bits per heavy atom. The molecule has 3 aliphatic rings. The summed E-state index contributed by atoms with van der Waals surface area (Å²) in [6.45, 7) is 7.12. The van der Waals surface area contributed by atoms with Crippen molar-refractivity contribution in [1.29, 1.82) is 0 Å². The highest BCUT2D eigenvalue weighted by Crippen LogP contribution is 2.57. The van der Waals surface area contributed by atoms with Gasteiger partial charge in [-0.25, -0.2) is 0 Å². The second-order valence-corrected chi connectivity index (χ2v) is 8.60. The molecule has 4 rings (SSSR count). The average molecular weight is 402 g/mol. The number of guanidine groups is 1. The molecule has 0 aromatic heterocycles. The molecule has 1 aliphatic heterocycles. The minimum absolute atomic E-state index is 0.150. The van der Waals surface area contributed by atoms with Crippen molar-refractivity contribution in [3.05, 3.63) is 29.3 Å². The van der Waals surface area contributed by atoms with Gasteiger partial charge >= 0.3 is 0 Å². The van der Waals surface area contributed by atoms with Crippen molar-refractivity contribution in [2.45, 2.75) is 70.7 Å². The Morgan fingerprint density at radius 3 is 2.86 bits per heavy atom. The smallest absolute Gasteiger partial charge is 0.191 e. The number of rotatable bonds is 7. The third-order valence-electron chi connectivity index (χ3n) is 6.82. The molecular weight excluding hydrogens is 366 g/mol. The van der Waals surface area contributed by atoms with Crippen LogP contribution in [0.2, 0.25) is 0 Å². The van der Waals surface area contributed by atoms with E-state index in [0.717, 1.165) is 43.3 Å². The maximum Gasteiger partial charge on any atom is 0.191 e. The summed E-state index contributed by atoms with van der Waals surface area (Å²) in [5.41, 5.74) is 2.66. The molecule has 6 nitrogen and oxygen atoms in total. The zero-order valence-electron chi connectivity index (χ0n) is 18.0. The molecule has 2 aliphatic carbocycles. The van der Waals surface area contributed by atoms with Gasteiger partial charge < -0.3 is 24.8 Å². The summed E-state index contributed by atoms with van der Waals surface area (Å²) in [7, 11) is 1.84. The average Bonchev–Trinajstić information content (AvgIpc) is 3.16. The molecule has 2 N–H and O–H groups in total. The normalized spacial score (nSPS) is 28.0. The summed E-state index contributed by atoms with van der Waals surface area (Å²) in [6, 6.07) is 6.84. The molecule has 3 fully saturated rings. The maximum atomic E-state index is 6.23.